The zero-order chi connectivity index (χ0) is 12.9. The van der Waals surface area contributed by atoms with Gasteiger partial charge < -0.3 is 10.8 Å². The van der Waals surface area contributed by atoms with Crippen molar-refractivity contribution in [1.29, 1.82) is 0 Å². The van der Waals surface area contributed by atoms with E-state index in [2.05, 4.69) is 11.8 Å². The van der Waals surface area contributed by atoms with Crippen LogP contribution in [0.1, 0.15) is 18.9 Å². The highest BCUT2D eigenvalue weighted by molar-refractivity contribution is 6.00. The number of benzene rings is 1. The van der Waals surface area contributed by atoms with Crippen molar-refractivity contribution < 1.29 is 14.7 Å². The fourth-order valence-electron chi connectivity index (χ4n) is 1.11. The highest BCUT2D eigenvalue weighted by Gasteiger charge is 2.38. The van der Waals surface area contributed by atoms with Crippen LogP contribution in [0, 0.1) is 17.3 Å². The molecule has 17 heavy (non-hydrogen) atoms. The molecule has 88 valence electrons. The van der Waals surface area contributed by atoms with E-state index in [4.69, 9.17) is 10.8 Å². The lowest BCUT2D eigenvalue weighted by Gasteiger charge is -2.17. The van der Waals surface area contributed by atoms with Crippen molar-refractivity contribution in [2.24, 2.45) is 11.1 Å². The third-order valence-electron chi connectivity index (χ3n) is 2.46. The summed E-state index contributed by atoms with van der Waals surface area (Å²) in [6, 6.07) is 9.11. The maximum absolute atomic E-state index is 11.1. The van der Waals surface area contributed by atoms with Crippen LogP contribution < -0.4 is 5.73 Å². The van der Waals surface area contributed by atoms with Crippen LogP contribution in [-0.2, 0) is 9.59 Å². The number of hydrogen-bond acceptors (Lipinski definition) is 2. The number of carboxylic acid groups (broad SMARTS) is 1. The minimum Gasteiger partial charge on any atom is -0.480 e. The predicted molar refractivity (Wildman–Crippen MR) is 62.9 cm³/mol. The Morgan fingerprint density at radius 1 is 1.35 bits per heavy atom. The molecule has 3 N–H and O–H groups in total. The molecule has 1 unspecified atom stereocenters. The lowest BCUT2D eigenvalue weighted by atomic mass is 9.86. The summed E-state index contributed by atoms with van der Waals surface area (Å²) in [6.07, 6.45) is -0.105. The van der Waals surface area contributed by atoms with Crippen molar-refractivity contribution in [2.75, 3.05) is 0 Å². The Kier molecular flexibility index (Phi) is 3.89. The van der Waals surface area contributed by atoms with Gasteiger partial charge >= 0.3 is 5.97 Å². The zero-order valence-corrected chi connectivity index (χ0v) is 9.43. The molecule has 0 spiro atoms. The number of carbonyl (C=O) groups is 2. The van der Waals surface area contributed by atoms with Crippen LogP contribution in [0.4, 0.5) is 0 Å². The molecule has 0 heterocycles. The molecule has 0 aliphatic rings. The summed E-state index contributed by atoms with van der Waals surface area (Å²) in [6.45, 7) is 1.28. The van der Waals surface area contributed by atoms with E-state index >= 15 is 0 Å². The zero-order valence-electron chi connectivity index (χ0n) is 9.43. The molecule has 4 nitrogen and oxygen atoms in total. The molecule has 1 aromatic carbocycles. The second-order valence-corrected chi connectivity index (χ2v) is 3.85. The number of rotatable bonds is 3. The van der Waals surface area contributed by atoms with Crippen LogP contribution in [0.2, 0.25) is 0 Å². The molecule has 0 aliphatic carbocycles. The summed E-state index contributed by atoms with van der Waals surface area (Å²) in [7, 11) is 0. The van der Waals surface area contributed by atoms with Crippen LogP contribution in [0.15, 0.2) is 30.3 Å². The van der Waals surface area contributed by atoms with E-state index in [-0.39, 0.29) is 6.42 Å². The topological polar surface area (TPSA) is 80.4 Å². The average Bonchev–Trinajstić information content (AvgIpc) is 2.29. The summed E-state index contributed by atoms with van der Waals surface area (Å²) < 4.78 is 0. The maximum atomic E-state index is 11.1. The van der Waals surface area contributed by atoms with Gasteiger partial charge in [-0.2, -0.15) is 0 Å². The Labute approximate surface area is 99.4 Å². The first-order valence-electron chi connectivity index (χ1n) is 5.04. The van der Waals surface area contributed by atoms with Gasteiger partial charge in [-0.25, -0.2) is 0 Å². The van der Waals surface area contributed by atoms with Gasteiger partial charge in [0.1, 0.15) is 0 Å². The summed E-state index contributed by atoms with van der Waals surface area (Å²) in [4.78, 5) is 22.0. The molecule has 0 saturated carbocycles. The van der Waals surface area contributed by atoms with Crippen molar-refractivity contribution in [2.45, 2.75) is 13.3 Å². The SMILES string of the molecule is CC(CC#Cc1ccccc1)(C(N)=O)C(=O)O. The Morgan fingerprint density at radius 2 is 1.94 bits per heavy atom. The molecule has 1 aromatic rings. The third kappa shape index (κ3) is 3.08. The van der Waals surface area contributed by atoms with Gasteiger partial charge in [0, 0.05) is 12.0 Å². The van der Waals surface area contributed by atoms with Gasteiger partial charge in [-0.3, -0.25) is 9.59 Å². The molecule has 1 atom stereocenters. The van der Waals surface area contributed by atoms with E-state index in [1.807, 2.05) is 18.2 Å². The first-order valence-corrected chi connectivity index (χ1v) is 5.04. The Bertz CT molecular complexity index is 468. The van der Waals surface area contributed by atoms with Gasteiger partial charge in [0.2, 0.25) is 5.91 Å². The molecule has 0 radical (unpaired) electrons. The summed E-state index contributed by atoms with van der Waals surface area (Å²) in [5.41, 5.74) is 4.19. The van der Waals surface area contributed by atoms with Crippen LogP contribution in [0.5, 0.6) is 0 Å². The molecule has 0 fully saturated rings. The number of aliphatic carboxylic acids is 1. The van der Waals surface area contributed by atoms with E-state index in [9.17, 15) is 9.59 Å². The minimum absolute atomic E-state index is 0.105. The van der Waals surface area contributed by atoms with Crippen LogP contribution >= 0.6 is 0 Å². The van der Waals surface area contributed by atoms with Gasteiger partial charge in [-0.15, -0.1) is 0 Å². The fourth-order valence-corrected chi connectivity index (χ4v) is 1.11. The van der Waals surface area contributed by atoms with Crippen LogP contribution in [-0.4, -0.2) is 17.0 Å². The van der Waals surface area contributed by atoms with Crippen molar-refractivity contribution >= 4 is 11.9 Å². The largest absolute Gasteiger partial charge is 0.480 e. The van der Waals surface area contributed by atoms with Gasteiger partial charge in [-0.1, -0.05) is 30.0 Å². The highest BCUT2D eigenvalue weighted by atomic mass is 16.4. The van der Waals surface area contributed by atoms with Gasteiger partial charge in [0.25, 0.3) is 0 Å². The predicted octanol–water partition coefficient (Wildman–Crippen LogP) is 1.00. The lowest BCUT2D eigenvalue weighted by molar-refractivity contribution is -0.153. The molecule has 0 bridgehead atoms. The first-order chi connectivity index (χ1) is 7.97. The number of nitrogens with two attached hydrogens (primary N) is 1. The van der Waals surface area contributed by atoms with E-state index in [0.29, 0.717) is 0 Å². The molecular formula is C13H13NO3. The van der Waals surface area contributed by atoms with Crippen molar-refractivity contribution in [3.63, 3.8) is 0 Å². The van der Waals surface area contributed by atoms with E-state index in [0.717, 1.165) is 5.56 Å². The number of hydrogen-bond donors (Lipinski definition) is 2. The molecule has 0 aromatic heterocycles. The van der Waals surface area contributed by atoms with Gasteiger partial charge in [0.15, 0.2) is 5.41 Å². The number of carboxylic acids is 1. The molecular weight excluding hydrogens is 218 g/mol. The number of amides is 1. The van der Waals surface area contributed by atoms with Crippen molar-refractivity contribution in [1.82, 2.24) is 0 Å². The number of carbonyl (C=O) groups excluding carboxylic acids is 1. The fraction of sp³-hybridized carbons (Fsp3) is 0.231. The van der Waals surface area contributed by atoms with Crippen LogP contribution in [0.3, 0.4) is 0 Å². The molecule has 4 heteroatoms. The molecule has 1 amide bonds. The quantitative estimate of drug-likeness (QED) is 0.601. The Balaban J connectivity index is 2.83. The smallest absolute Gasteiger partial charge is 0.319 e. The molecule has 0 aliphatic heterocycles. The average molecular weight is 231 g/mol. The third-order valence-corrected chi connectivity index (χ3v) is 2.46. The monoisotopic (exact) mass is 231 g/mol. The normalized spacial score (nSPS) is 13.0. The summed E-state index contributed by atoms with van der Waals surface area (Å²) in [5.74, 6) is 3.32. The van der Waals surface area contributed by atoms with E-state index in [1.165, 1.54) is 6.92 Å². The number of primary amides is 1. The second kappa shape index (κ2) is 5.17. The van der Waals surface area contributed by atoms with E-state index < -0.39 is 17.3 Å². The lowest BCUT2D eigenvalue weighted by Crippen LogP contribution is -2.41. The van der Waals surface area contributed by atoms with Crippen LogP contribution in [0.25, 0.3) is 0 Å². The maximum Gasteiger partial charge on any atom is 0.319 e. The Morgan fingerprint density at radius 3 is 2.41 bits per heavy atom. The molecule has 0 saturated heterocycles. The highest BCUT2D eigenvalue weighted by Crippen LogP contribution is 2.20. The second-order valence-electron chi connectivity index (χ2n) is 3.85. The van der Waals surface area contributed by atoms with Gasteiger partial charge in [-0.05, 0) is 19.1 Å². The van der Waals surface area contributed by atoms with Gasteiger partial charge in [0.05, 0.1) is 0 Å². The van der Waals surface area contributed by atoms with Crippen molar-refractivity contribution in [3.05, 3.63) is 35.9 Å². The van der Waals surface area contributed by atoms with Crippen molar-refractivity contribution in [3.8, 4) is 11.8 Å². The first kappa shape index (κ1) is 12.8. The summed E-state index contributed by atoms with van der Waals surface area (Å²) >= 11 is 0. The van der Waals surface area contributed by atoms with E-state index in [1.54, 1.807) is 12.1 Å². The Hall–Kier alpha value is -2.28. The minimum atomic E-state index is -1.64. The summed E-state index contributed by atoms with van der Waals surface area (Å²) in [5, 5.41) is 8.93. The standard InChI is InChI=1S/C13H13NO3/c1-13(11(14)15,12(16)17)9-5-8-10-6-3-2-4-7-10/h2-4,6-7H,9H2,1H3,(H2,14,15)(H,16,17). The molecule has 1 rings (SSSR count).